The number of amides is 1. The number of aromatic amines is 1. The van der Waals surface area contributed by atoms with Gasteiger partial charge in [0.05, 0.1) is 40.5 Å². The summed E-state index contributed by atoms with van der Waals surface area (Å²) in [4.78, 5) is 22.9. The molecule has 2 N–H and O–H groups in total. The Morgan fingerprint density at radius 2 is 1.72 bits per heavy atom. The molecule has 0 aliphatic carbocycles. The van der Waals surface area contributed by atoms with Gasteiger partial charge in [-0.2, -0.15) is 9.57 Å². The van der Waals surface area contributed by atoms with Crippen LogP contribution in [0.2, 0.25) is 15.1 Å². The Morgan fingerprint density at radius 3 is 2.44 bits per heavy atom. The molecule has 4 aliphatic heterocycles. The zero-order chi connectivity index (χ0) is 39.6. The molecule has 1 aromatic heterocycles. The lowest BCUT2D eigenvalue weighted by atomic mass is 9.82. The Morgan fingerprint density at radius 1 is 0.930 bits per heavy atom. The van der Waals surface area contributed by atoms with Crippen molar-refractivity contribution in [1.29, 1.82) is 5.26 Å². The SMILES string of the molecule is CC1CC=CN2C(=C1c1ccccc1)c1c(C(=O)Nc3cc(C#N)ccc3N3CCC(N4CCCS4(=O)=O)CC3)[nH]c3cc(Cl)cc(c13)C2c1ccc(Cl)cc1Cl. The second kappa shape index (κ2) is 14.9. The van der Waals surface area contributed by atoms with Crippen LogP contribution in [0.15, 0.2) is 91.1 Å². The number of nitrogens with one attached hydrogen (secondary N) is 2. The summed E-state index contributed by atoms with van der Waals surface area (Å²) in [6, 6.07) is 26.7. The number of allylic oxidation sites excluding steroid dienone is 2. The molecule has 5 heterocycles. The van der Waals surface area contributed by atoms with E-state index in [9.17, 15) is 18.5 Å². The summed E-state index contributed by atoms with van der Waals surface area (Å²) in [6.45, 7) is 3.97. The topological polar surface area (TPSA) is 113 Å². The normalized spacial score (nSPS) is 20.8. The van der Waals surface area contributed by atoms with Gasteiger partial charge >= 0.3 is 0 Å². The summed E-state index contributed by atoms with van der Waals surface area (Å²) in [5, 5.41) is 15.6. The van der Waals surface area contributed by atoms with Crippen LogP contribution in [-0.2, 0) is 10.0 Å². The van der Waals surface area contributed by atoms with E-state index in [1.54, 1.807) is 22.5 Å². The van der Waals surface area contributed by atoms with Crippen LogP contribution in [0.25, 0.3) is 22.2 Å². The Labute approximate surface area is 347 Å². The molecule has 290 valence electrons. The van der Waals surface area contributed by atoms with Gasteiger partial charge in [0.25, 0.3) is 5.91 Å². The van der Waals surface area contributed by atoms with E-state index in [4.69, 9.17) is 34.8 Å². The number of rotatable bonds is 6. The first-order chi connectivity index (χ1) is 27.5. The van der Waals surface area contributed by atoms with Crippen LogP contribution in [0.4, 0.5) is 11.4 Å². The van der Waals surface area contributed by atoms with Gasteiger partial charge in [0.1, 0.15) is 5.69 Å². The maximum atomic E-state index is 15.0. The highest BCUT2D eigenvalue weighted by Crippen LogP contribution is 2.54. The van der Waals surface area contributed by atoms with E-state index in [1.165, 1.54) is 0 Å². The number of anilines is 2. The Hall–Kier alpha value is -4.76. The molecule has 0 bridgehead atoms. The van der Waals surface area contributed by atoms with Crippen molar-refractivity contribution >= 4 is 84.3 Å². The Bertz CT molecular complexity index is 2660. The molecular formula is C44H39Cl3N6O3S. The number of benzene rings is 4. The summed E-state index contributed by atoms with van der Waals surface area (Å²) < 4.78 is 27.1. The van der Waals surface area contributed by atoms with Crippen molar-refractivity contribution in [2.24, 2.45) is 5.92 Å². The molecule has 9 nitrogen and oxygen atoms in total. The van der Waals surface area contributed by atoms with E-state index in [0.29, 0.717) is 76.4 Å². The highest BCUT2D eigenvalue weighted by Gasteiger charge is 2.41. The first-order valence-electron chi connectivity index (χ1n) is 19.2. The number of hydrogen-bond acceptors (Lipinski definition) is 6. The van der Waals surface area contributed by atoms with Crippen LogP contribution in [0, 0.1) is 17.2 Å². The van der Waals surface area contributed by atoms with Crippen molar-refractivity contribution in [2.75, 3.05) is 35.6 Å². The van der Waals surface area contributed by atoms with E-state index in [2.05, 4.69) is 57.5 Å². The fourth-order valence-corrected chi connectivity index (χ4v) is 11.8. The maximum Gasteiger partial charge on any atom is 0.272 e. The maximum absolute atomic E-state index is 15.0. The molecule has 0 radical (unpaired) electrons. The van der Waals surface area contributed by atoms with Crippen molar-refractivity contribution in [3.05, 3.63) is 140 Å². The molecular weight excluding hydrogens is 799 g/mol. The number of fused-ring (bicyclic) bond motifs is 2. The summed E-state index contributed by atoms with van der Waals surface area (Å²) in [5.41, 5.74) is 8.23. The lowest BCUT2D eigenvalue weighted by molar-refractivity contribution is 0.102. The van der Waals surface area contributed by atoms with Crippen molar-refractivity contribution < 1.29 is 13.2 Å². The van der Waals surface area contributed by atoms with Crippen molar-refractivity contribution in [3.8, 4) is 6.07 Å². The van der Waals surface area contributed by atoms with Crippen molar-refractivity contribution in [1.82, 2.24) is 14.2 Å². The second-order valence-electron chi connectivity index (χ2n) is 15.2. The molecule has 4 aromatic carbocycles. The highest BCUT2D eigenvalue weighted by atomic mass is 35.5. The standard InChI is InChI=1S/C44H39Cl3N6O3S/c1-26-7-5-16-52-42(32-12-11-29(45)23-34(32)47)33-22-30(46)24-36-39(33)40(43(52)38(26)28-8-3-2-4-9-28)41(49-36)44(54)50-35-21-27(25-48)10-13-37(35)51-18-14-31(15-19-51)53-17-6-20-57(53,55)56/h2-5,8-13,16,21-24,26,31,42,49H,6-7,14-15,17-20H2,1H3,(H,50,54). The number of H-pyrrole nitrogens is 1. The van der Waals surface area contributed by atoms with E-state index < -0.39 is 16.1 Å². The van der Waals surface area contributed by atoms with E-state index in [0.717, 1.165) is 51.0 Å². The average Bonchev–Trinajstić information content (AvgIpc) is 3.70. The lowest BCUT2D eigenvalue weighted by Crippen LogP contribution is -2.45. The monoisotopic (exact) mass is 836 g/mol. The first-order valence-corrected chi connectivity index (χ1v) is 21.9. The van der Waals surface area contributed by atoms with Gasteiger partial charge in [0, 0.05) is 63.4 Å². The smallest absolute Gasteiger partial charge is 0.272 e. The number of carbonyl (C=O) groups is 1. The van der Waals surface area contributed by atoms with Gasteiger partial charge in [-0.1, -0.05) is 84.2 Å². The van der Waals surface area contributed by atoms with Gasteiger partial charge in [-0.15, -0.1) is 0 Å². The van der Waals surface area contributed by atoms with Gasteiger partial charge < -0.3 is 20.1 Å². The third-order valence-electron chi connectivity index (χ3n) is 11.8. The highest BCUT2D eigenvalue weighted by molar-refractivity contribution is 7.89. The minimum atomic E-state index is -3.22. The summed E-state index contributed by atoms with van der Waals surface area (Å²) >= 11 is 20.3. The first kappa shape index (κ1) is 37.8. The number of nitriles is 1. The molecule has 13 heteroatoms. The Kier molecular flexibility index (Phi) is 9.86. The van der Waals surface area contributed by atoms with Crippen LogP contribution in [0.5, 0.6) is 0 Å². The summed E-state index contributed by atoms with van der Waals surface area (Å²) in [7, 11) is -3.22. The number of piperidine rings is 1. The van der Waals surface area contributed by atoms with E-state index in [1.807, 2.05) is 48.5 Å². The van der Waals surface area contributed by atoms with Crippen LogP contribution in [0.3, 0.4) is 0 Å². The molecule has 2 saturated heterocycles. The van der Waals surface area contributed by atoms with Gasteiger partial charge in [-0.3, -0.25) is 4.79 Å². The largest absolute Gasteiger partial charge is 0.370 e. The molecule has 0 spiro atoms. The minimum Gasteiger partial charge on any atom is -0.370 e. The number of nitrogens with zero attached hydrogens (tertiary/aromatic N) is 4. The molecule has 0 saturated carbocycles. The molecule has 1 amide bonds. The molecule has 57 heavy (non-hydrogen) atoms. The predicted molar refractivity (Wildman–Crippen MR) is 229 cm³/mol. The molecule has 4 aliphatic rings. The fourth-order valence-electron chi connectivity index (χ4n) is 9.23. The zero-order valence-corrected chi connectivity index (χ0v) is 34.2. The fraction of sp³-hybridized carbons (Fsp3) is 0.273. The number of hydrogen-bond donors (Lipinski definition) is 2. The van der Waals surface area contributed by atoms with Crippen LogP contribution in [-0.4, -0.2) is 59.9 Å². The quantitative estimate of drug-likeness (QED) is 0.176. The second-order valence-corrected chi connectivity index (χ2v) is 18.5. The third kappa shape index (κ3) is 6.69. The summed E-state index contributed by atoms with van der Waals surface area (Å²) in [6.07, 6.45) is 7.01. The zero-order valence-electron chi connectivity index (χ0n) is 31.1. The van der Waals surface area contributed by atoms with Gasteiger partial charge in [0.15, 0.2) is 0 Å². The molecule has 2 atom stereocenters. The third-order valence-corrected chi connectivity index (χ3v) is 14.5. The van der Waals surface area contributed by atoms with Crippen LogP contribution < -0.4 is 10.2 Å². The number of carbonyl (C=O) groups excluding carboxylic acids is 1. The average molecular weight is 838 g/mol. The summed E-state index contributed by atoms with van der Waals surface area (Å²) in [5.74, 6) is -0.0900. The Balaban J connectivity index is 1.19. The predicted octanol–water partition coefficient (Wildman–Crippen LogP) is 10.1. The van der Waals surface area contributed by atoms with Crippen molar-refractivity contribution in [3.63, 3.8) is 0 Å². The van der Waals surface area contributed by atoms with Crippen molar-refractivity contribution in [2.45, 2.75) is 44.7 Å². The molecule has 9 rings (SSSR count). The van der Waals surface area contributed by atoms with Crippen LogP contribution >= 0.6 is 34.8 Å². The lowest BCUT2D eigenvalue weighted by Gasteiger charge is -2.39. The van der Waals surface area contributed by atoms with Crippen LogP contribution in [0.1, 0.15) is 77.0 Å². The minimum absolute atomic E-state index is 0.0525. The van der Waals surface area contributed by atoms with E-state index in [-0.39, 0.29) is 23.6 Å². The molecule has 5 aromatic rings. The molecule has 2 fully saturated rings. The number of halogens is 3. The van der Waals surface area contributed by atoms with E-state index >= 15 is 0 Å². The van der Waals surface area contributed by atoms with Gasteiger partial charge in [-0.25, -0.2) is 8.42 Å². The number of sulfonamides is 1. The molecule has 2 unspecified atom stereocenters. The number of aromatic nitrogens is 1. The van der Waals surface area contributed by atoms with Gasteiger partial charge in [0.2, 0.25) is 10.0 Å². The van der Waals surface area contributed by atoms with Gasteiger partial charge in [-0.05, 0) is 96.3 Å².